The normalized spacial score (nSPS) is 10.7. The summed E-state index contributed by atoms with van der Waals surface area (Å²) in [4.78, 5) is 7.54. The van der Waals surface area contributed by atoms with Gasteiger partial charge in [-0.2, -0.15) is 4.98 Å². The molecule has 0 aliphatic carbocycles. The summed E-state index contributed by atoms with van der Waals surface area (Å²) >= 11 is 1.66. The molecule has 0 radical (unpaired) electrons. The van der Waals surface area contributed by atoms with Gasteiger partial charge in [-0.15, -0.1) is 0 Å². The van der Waals surface area contributed by atoms with Crippen LogP contribution in [0.2, 0.25) is 0 Å². The highest BCUT2D eigenvalue weighted by molar-refractivity contribution is 7.15. The Hall–Kier alpha value is -0.850. The number of nitrogens with one attached hydrogen (secondary N) is 1. The van der Waals surface area contributed by atoms with E-state index in [9.17, 15) is 0 Å². The predicted octanol–water partition coefficient (Wildman–Crippen LogP) is 1.73. The third-order valence-corrected chi connectivity index (χ3v) is 3.56. The van der Waals surface area contributed by atoms with Crippen LogP contribution in [0.25, 0.3) is 0 Å². The van der Waals surface area contributed by atoms with Crippen LogP contribution in [-0.4, -0.2) is 45.9 Å². The molecule has 0 aliphatic heterocycles. The molecule has 6 heteroatoms. The van der Waals surface area contributed by atoms with E-state index in [2.05, 4.69) is 10.3 Å². The second-order valence-corrected chi connectivity index (χ2v) is 5.11. The lowest BCUT2D eigenvalue weighted by molar-refractivity contribution is 0.144. The van der Waals surface area contributed by atoms with Crippen LogP contribution in [0.5, 0.6) is 5.88 Å². The van der Waals surface area contributed by atoms with Crippen molar-refractivity contribution in [2.75, 3.05) is 45.9 Å². The van der Waals surface area contributed by atoms with Gasteiger partial charge in [-0.3, -0.25) is 0 Å². The zero-order valence-electron chi connectivity index (χ0n) is 11.7. The first-order valence-electron chi connectivity index (χ1n) is 6.18. The molecule has 0 saturated heterocycles. The molecular weight excluding hydrogens is 250 g/mol. The third-order valence-electron chi connectivity index (χ3n) is 2.36. The zero-order valence-corrected chi connectivity index (χ0v) is 12.5. The van der Waals surface area contributed by atoms with Crippen molar-refractivity contribution in [1.82, 2.24) is 10.3 Å². The summed E-state index contributed by atoms with van der Waals surface area (Å²) in [5.74, 6) is 0.723. The van der Waals surface area contributed by atoms with Crippen molar-refractivity contribution < 1.29 is 9.47 Å². The smallest absolute Gasteiger partial charge is 0.230 e. The average molecular weight is 273 g/mol. The van der Waals surface area contributed by atoms with E-state index < -0.39 is 0 Å². The Kier molecular flexibility index (Phi) is 7.00. The van der Waals surface area contributed by atoms with Gasteiger partial charge in [-0.05, 0) is 19.9 Å². The molecular formula is C12H23N3O2S. The van der Waals surface area contributed by atoms with Gasteiger partial charge in [-0.25, -0.2) is 0 Å². The summed E-state index contributed by atoms with van der Waals surface area (Å²) in [5.41, 5.74) is 0. The van der Waals surface area contributed by atoms with Gasteiger partial charge in [0.05, 0.1) is 12.0 Å². The van der Waals surface area contributed by atoms with Crippen molar-refractivity contribution in [3.63, 3.8) is 0 Å². The number of methoxy groups -OCH3 is 1. The van der Waals surface area contributed by atoms with E-state index in [1.54, 1.807) is 18.4 Å². The molecule has 1 aromatic heterocycles. The van der Waals surface area contributed by atoms with Crippen molar-refractivity contribution in [2.24, 2.45) is 0 Å². The fourth-order valence-electron chi connectivity index (χ4n) is 1.43. The van der Waals surface area contributed by atoms with Crippen LogP contribution in [0.4, 0.5) is 5.13 Å². The molecule has 18 heavy (non-hydrogen) atoms. The summed E-state index contributed by atoms with van der Waals surface area (Å²) < 4.78 is 10.6. The maximum absolute atomic E-state index is 5.29. The lowest BCUT2D eigenvalue weighted by Gasteiger charge is -2.05. The summed E-state index contributed by atoms with van der Waals surface area (Å²) in [6.07, 6.45) is 1.02. The zero-order chi connectivity index (χ0) is 13.4. The summed E-state index contributed by atoms with van der Waals surface area (Å²) in [7, 11) is 5.63. The van der Waals surface area contributed by atoms with E-state index in [1.165, 1.54) is 0 Å². The lowest BCUT2D eigenvalue weighted by atomic mass is 10.4. The summed E-state index contributed by atoms with van der Waals surface area (Å²) in [6, 6.07) is 0. The van der Waals surface area contributed by atoms with Gasteiger partial charge in [0, 0.05) is 33.9 Å². The Labute approximate surface area is 113 Å². The number of anilines is 1. The van der Waals surface area contributed by atoms with Crippen LogP contribution in [-0.2, 0) is 11.3 Å². The minimum atomic E-state index is 0.723. The Balaban J connectivity index is 2.36. The van der Waals surface area contributed by atoms with E-state index in [0.29, 0.717) is 0 Å². The topological polar surface area (TPSA) is 46.6 Å². The molecule has 104 valence electrons. The van der Waals surface area contributed by atoms with Crippen LogP contribution >= 0.6 is 11.3 Å². The van der Waals surface area contributed by atoms with Crippen molar-refractivity contribution in [3.8, 4) is 5.88 Å². The molecule has 0 aromatic carbocycles. The molecule has 0 unspecified atom stereocenters. The number of aromatic nitrogens is 1. The minimum Gasteiger partial charge on any atom is -0.480 e. The molecule has 1 N–H and O–H groups in total. The predicted molar refractivity (Wildman–Crippen MR) is 75.8 cm³/mol. The lowest BCUT2D eigenvalue weighted by Crippen LogP contribution is -2.16. The molecule has 0 aliphatic rings. The highest BCUT2D eigenvalue weighted by Crippen LogP contribution is 2.29. The van der Waals surface area contributed by atoms with Crippen molar-refractivity contribution in [2.45, 2.75) is 19.9 Å². The van der Waals surface area contributed by atoms with Gasteiger partial charge in [0.1, 0.15) is 0 Å². The van der Waals surface area contributed by atoms with Gasteiger partial charge in [0.2, 0.25) is 5.88 Å². The largest absolute Gasteiger partial charge is 0.480 e. The van der Waals surface area contributed by atoms with Crippen molar-refractivity contribution in [1.29, 1.82) is 0 Å². The van der Waals surface area contributed by atoms with E-state index in [4.69, 9.17) is 9.47 Å². The van der Waals surface area contributed by atoms with Crippen LogP contribution in [0, 0.1) is 0 Å². The molecule has 0 amide bonds. The minimum absolute atomic E-state index is 0.723. The Morgan fingerprint density at radius 2 is 2.17 bits per heavy atom. The first-order chi connectivity index (χ1) is 8.69. The number of rotatable bonds is 9. The molecule has 5 nitrogen and oxygen atoms in total. The van der Waals surface area contributed by atoms with Gasteiger partial charge >= 0.3 is 0 Å². The van der Waals surface area contributed by atoms with Crippen molar-refractivity contribution in [3.05, 3.63) is 4.88 Å². The maximum atomic E-state index is 5.29. The molecule has 0 bridgehead atoms. The van der Waals surface area contributed by atoms with Gasteiger partial charge in [-0.1, -0.05) is 11.3 Å². The molecule has 1 aromatic rings. The summed E-state index contributed by atoms with van der Waals surface area (Å²) in [5, 5.41) is 4.35. The van der Waals surface area contributed by atoms with Crippen LogP contribution in [0.15, 0.2) is 0 Å². The Bertz CT molecular complexity index is 342. The highest BCUT2D eigenvalue weighted by atomic mass is 32.1. The standard InChI is InChI=1S/C12H23N3O2S/c1-5-17-8-6-7-13-9-10-11(16-4)14-12(18-10)15(2)3/h13H,5-9H2,1-4H3. The monoisotopic (exact) mass is 273 g/mol. The fraction of sp³-hybridized carbons (Fsp3) is 0.750. The van der Waals surface area contributed by atoms with Gasteiger partial charge in [0.25, 0.3) is 0 Å². The highest BCUT2D eigenvalue weighted by Gasteiger charge is 2.12. The quantitative estimate of drug-likeness (QED) is 0.694. The molecule has 1 rings (SSSR count). The third kappa shape index (κ3) is 4.80. The van der Waals surface area contributed by atoms with Crippen LogP contribution < -0.4 is 15.0 Å². The van der Waals surface area contributed by atoms with Gasteiger partial charge in [0.15, 0.2) is 5.13 Å². The maximum Gasteiger partial charge on any atom is 0.230 e. The SMILES string of the molecule is CCOCCCNCc1sc(N(C)C)nc1OC. The number of hydrogen-bond donors (Lipinski definition) is 1. The number of thiazole rings is 1. The van der Waals surface area contributed by atoms with Gasteiger partial charge < -0.3 is 19.7 Å². The van der Waals surface area contributed by atoms with Crippen LogP contribution in [0.1, 0.15) is 18.2 Å². The fourth-order valence-corrected chi connectivity index (χ4v) is 2.36. The Morgan fingerprint density at radius 3 is 2.78 bits per heavy atom. The van der Waals surface area contributed by atoms with E-state index in [-0.39, 0.29) is 0 Å². The number of ether oxygens (including phenoxy) is 2. The van der Waals surface area contributed by atoms with Crippen LogP contribution in [0.3, 0.4) is 0 Å². The number of nitrogens with zero attached hydrogens (tertiary/aromatic N) is 2. The molecule has 0 spiro atoms. The van der Waals surface area contributed by atoms with E-state index in [1.807, 2.05) is 25.9 Å². The molecule has 0 fully saturated rings. The van der Waals surface area contributed by atoms with E-state index >= 15 is 0 Å². The summed E-state index contributed by atoms with van der Waals surface area (Å²) in [6.45, 7) is 5.35. The molecule has 0 atom stereocenters. The second kappa shape index (κ2) is 8.29. The average Bonchev–Trinajstić information content (AvgIpc) is 2.77. The first-order valence-corrected chi connectivity index (χ1v) is 7.00. The molecule has 1 heterocycles. The van der Waals surface area contributed by atoms with Crippen molar-refractivity contribution >= 4 is 16.5 Å². The molecule has 0 saturated carbocycles. The number of hydrogen-bond acceptors (Lipinski definition) is 6. The Morgan fingerprint density at radius 1 is 1.39 bits per heavy atom. The second-order valence-electron chi connectivity index (χ2n) is 4.05. The van der Waals surface area contributed by atoms with E-state index in [0.717, 1.165) is 48.6 Å². The first kappa shape index (κ1) is 15.2.